The molecule has 1 saturated heterocycles. The number of fused-ring (bicyclic) bond motifs is 2. The van der Waals surface area contributed by atoms with Crippen molar-refractivity contribution in [3.8, 4) is 0 Å². The van der Waals surface area contributed by atoms with Crippen molar-refractivity contribution in [3.05, 3.63) is 35.4 Å². The van der Waals surface area contributed by atoms with Crippen LogP contribution in [0.4, 0.5) is 0 Å². The van der Waals surface area contributed by atoms with Gasteiger partial charge >= 0.3 is 0 Å². The van der Waals surface area contributed by atoms with Gasteiger partial charge in [0.1, 0.15) is 0 Å². The third kappa shape index (κ3) is 3.45. The number of carbonyl (C=O) groups is 3. The molecule has 3 aliphatic rings. The first kappa shape index (κ1) is 17.1. The predicted molar refractivity (Wildman–Crippen MR) is 96.1 cm³/mol. The molecule has 2 saturated carbocycles. The number of nitrogens with zero attached hydrogens (tertiary/aromatic N) is 1. The van der Waals surface area contributed by atoms with Crippen LogP contribution in [0.2, 0.25) is 0 Å². The summed E-state index contributed by atoms with van der Waals surface area (Å²) in [6.45, 7) is 1.64. The second-order valence-corrected chi connectivity index (χ2v) is 7.77. The molecule has 26 heavy (non-hydrogen) atoms. The molecular formula is C20H25N3O3. The maximum absolute atomic E-state index is 12.4. The van der Waals surface area contributed by atoms with Crippen LogP contribution in [0.3, 0.4) is 0 Å². The van der Waals surface area contributed by atoms with Gasteiger partial charge in [-0.3, -0.25) is 14.4 Å². The molecule has 3 amide bonds. The SMILES string of the molecule is O=C1CN(C(=O)c2ccc(CNC(=O)C3CC4CCC3C4)cc2)CCN1. The van der Waals surface area contributed by atoms with Crippen LogP contribution in [0.5, 0.6) is 0 Å². The van der Waals surface area contributed by atoms with E-state index in [1.807, 2.05) is 12.1 Å². The van der Waals surface area contributed by atoms with E-state index in [2.05, 4.69) is 10.6 Å². The van der Waals surface area contributed by atoms with Gasteiger partial charge in [-0.25, -0.2) is 0 Å². The van der Waals surface area contributed by atoms with Crippen LogP contribution in [-0.2, 0) is 16.1 Å². The summed E-state index contributed by atoms with van der Waals surface area (Å²) in [6, 6.07) is 7.29. The number of carbonyl (C=O) groups excluding carboxylic acids is 3. The number of nitrogens with one attached hydrogen (secondary N) is 2. The summed E-state index contributed by atoms with van der Waals surface area (Å²) in [5, 5.41) is 5.77. The van der Waals surface area contributed by atoms with Crippen molar-refractivity contribution in [2.24, 2.45) is 17.8 Å². The molecule has 1 aliphatic heterocycles. The summed E-state index contributed by atoms with van der Waals surface area (Å²) in [5.74, 6) is 1.47. The zero-order chi connectivity index (χ0) is 18.1. The molecule has 138 valence electrons. The van der Waals surface area contributed by atoms with Crippen LogP contribution >= 0.6 is 0 Å². The number of piperazine rings is 1. The summed E-state index contributed by atoms with van der Waals surface area (Å²) < 4.78 is 0. The second-order valence-electron chi connectivity index (χ2n) is 7.77. The third-order valence-electron chi connectivity index (χ3n) is 6.07. The van der Waals surface area contributed by atoms with Crippen LogP contribution in [0.1, 0.15) is 41.6 Å². The van der Waals surface area contributed by atoms with Crippen molar-refractivity contribution in [3.63, 3.8) is 0 Å². The Bertz CT molecular complexity index is 716. The molecule has 1 aromatic carbocycles. The largest absolute Gasteiger partial charge is 0.353 e. The summed E-state index contributed by atoms with van der Waals surface area (Å²) in [4.78, 5) is 37.8. The molecular weight excluding hydrogens is 330 g/mol. The molecule has 0 spiro atoms. The molecule has 2 bridgehead atoms. The smallest absolute Gasteiger partial charge is 0.254 e. The normalized spacial score (nSPS) is 27.3. The quantitative estimate of drug-likeness (QED) is 0.855. The molecule has 3 unspecified atom stereocenters. The summed E-state index contributed by atoms with van der Waals surface area (Å²) in [6.07, 6.45) is 4.77. The molecule has 6 heteroatoms. The van der Waals surface area contributed by atoms with Crippen molar-refractivity contribution in [2.45, 2.75) is 32.2 Å². The molecule has 6 nitrogen and oxygen atoms in total. The van der Waals surface area contributed by atoms with E-state index in [0.29, 0.717) is 31.1 Å². The fraction of sp³-hybridized carbons (Fsp3) is 0.550. The molecule has 1 aromatic rings. The highest BCUT2D eigenvalue weighted by molar-refractivity contribution is 5.97. The van der Waals surface area contributed by atoms with E-state index in [0.717, 1.165) is 17.9 Å². The summed E-state index contributed by atoms with van der Waals surface area (Å²) in [5.41, 5.74) is 1.55. The molecule has 0 radical (unpaired) electrons. The molecule has 2 N–H and O–H groups in total. The fourth-order valence-electron chi connectivity index (χ4n) is 4.65. The minimum absolute atomic E-state index is 0.111. The first-order valence-corrected chi connectivity index (χ1v) is 9.53. The van der Waals surface area contributed by atoms with Crippen molar-refractivity contribution < 1.29 is 14.4 Å². The lowest BCUT2D eigenvalue weighted by Crippen LogP contribution is -2.49. The van der Waals surface area contributed by atoms with Gasteiger partial charge in [-0.2, -0.15) is 0 Å². The van der Waals surface area contributed by atoms with Gasteiger partial charge in [-0.1, -0.05) is 18.6 Å². The van der Waals surface area contributed by atoms with Gasteiger partial charge in [0.25, 0.3) is 5.91 Å². The lowest BCUT2D eigenvalue weighted by Gasteiger charge is -2.26. The number of benzene rings is 1. The minimum atomic E-state index is -0.127. The Hall–Kier alpha value is -2.37. The lowest BCUT2D eigenvalue weighted by molar-refractivity contribution is -0.126. The molecule has 3 atom stereocenters. The Labute approximate surface area is 153 Å². The van der Waals surface area contributed by atoms with Crippen molar-refractivity contribution in [1.29, 1.82) is 0 Å². The Balaban J connectivity index is 1.31. The van der Waals surface area contributed by atoms with E-state index in [4.69, 9.17) is 0 Å². The molecule has 4 rings (SSSR count). The van der Waals surface area contributed by atoms with Crippen LogP contribution in [-0.4, -0.2) is 42.3 Å². The Kier molecular flexibility index (Phi) is 4.66. The Morgan fingerprint density at radius 3 is 2.62 bits per heavy atom. The van der Waals surface area contributed by atoms with Crippen LogP contribution < -0.4 is 10.6 Å². The Morgan fingerprint density at radius 2 is 1.96 bits per heavy atom. The molecule has 3 fully saturated rings. The van der Waals surface area contributed by atoms with E-state index in [9.17, 15) is 14.4 Å². The second kappa shape index (κ2) is 7.09. The van der Waals surface area contributed by atoms with Crippen molar-refractivity contribution >= 4 is 17.7 Å². The highest BCUT2D eigenvalue weighted by Crippen LogP contribution is 2.48. The van der Waals surface area contributed by atoms with Crippen LogP contribution in [0.25, 0.3) is 0 Å². The number of hydrogen-bond acceptors (Lipinski definition) is 3. The molecule has 2 aliphatic carbocycles. The van der Waals surface area contributed by atoms with Crippen molar-refractivity contribution in [1.82, 2.24) is 15.5 Å². The highest BCUT2D eigenvalue weighted by Gasteiger charge is 2.42. The van der Waals surface area contributed by atoms with Gasteiger partial charge in [-0.15, -0.1) is 0 Å². The molecule has 0 aromatic heterocycles. The first-order chi connectivity index (χ1) is 12.6. The monoisotopic (exact) mass is 355 g/mol. The fourth-order valence-corrected chi connectivity index (χ4v) is 4.65. The zero-order valence-electron chi connectivity index (χ0n) is 14.9. The topological polar surface area (TPSA) is 78.5 Å². The maximum atomic E-state index is 12.4. The van der Waals surface area contributed by atoms with Gasteiger partial charge < -0.3 is 15.5 Å². The Morgan fingerprint density at radius 1 is 1.15 bits per heavy atom. The van der Waals surface area contributed by atoms with E-state index in [1.54, 1.807) is 17.0 Å². The first-order valence-electron chi connectivity index (χ1n) is 9.53. The minimum Gasteiger partial charge on any atom is -0.353 e. The van der Waals surface area contributed by atoms with E-state index >= 15 is 0 Å². The zero-order valence-corrected chi connectivity index (χ0v) is 14.9. The number of rotatable bonds is 4. The van der Waals surface area contributed by atoms with Gasteiger partial charge in [0, 0.05) is 31.1 Å². The maximum Gasteiger partial charge on any atom is 0.254 e. The summed E-state index contributed by atoms with van der Waals surface area (Å²) >= 11 is 0. The van der Waals surface area contributed by atoms with Gasteiger partial charge in [-0.05, 0) is 48.8 Å². The lowest BCUT2D eigenvalue weighted by atomic mass is 9.88. The van der Waals surface area contributed by atoms with Gasteiger partial charge in [0.15, 0.2) is 0 Å². The summed E-state index contributed by atoms with van der Waals surface area (Å²) in [7, 11) is 0. The molecule has 1 heterocycles. The number of amides is 3. The van der Waals surface area contributed by atoms with Crippen molar-refractivity contribution in [2.75, 3.05) is 19.6 Å². The average molecular weight is 355 g/mol. The van der Waals surface area contributed by atoms with Gasteiger partial charge in [0.05, 0.1) is 6.54 Å². The van der Waals surface area contributed by atoms with Crippen LogP contribution in [0.15, 0.2) is 24.3 Å². The highest BCUT2D eigenvalue weighted by atomic mass is 16.2. The van der Waals surface area contributed by atoms with E-state index in [-0.39, 0.29) is 30.2 Å². The standard InChI is InChI=1S/C20H25N3O3/c24-18-12-23(8-7-21-18)20(26)15-4-1-13(2-5-15)11-22-19(25)17-10-14-3-6-16(17)9-14/h1-2,4-5,14,16-17H,3,6-12H2,(H,21,24)(H,22,25). The average Bonchev–Trinajstić information content (AvgIpc) is 3.29. The predicted octanol–water partition coefficient (Wildman–Crippen LogP) is 1.31. The van der Waals surface area contributed by atoms with Crippen LogP contribution in [0, 0.1) is 17.8 Å². The van der Waals surface area contributed by atoms with Gasteiger partial charge in [0.2, 0.25) is 11.8 Å². The van der Waals surface area contributed by atoms with E-state index < -0.39 is 0 Å². The number of hydrogen-bond donors (Lipinski definition) is 2. The van der Waals surface area contributed by atoms with E-state index in [1.165, 1.54) is 19.3 Å². The third-order valence-corrected chi connectivity index (χ3v) is 6.07.